The molecule has 13 heavy (non-hydrogen) atoms. The molecule has 0 aromatic rings. The van der Waals surface area contributed by atoms with Crippen LogP contribution in [0.4, 0.5) is 5.69 Å². The minimum absolute atomic E-state index is 1.27. The van der Waals surface area contributed by atoms with Gasteiger partial charge in [0.2, 0.25) is 0 Å². The molecular weight excluding hydrogens is 158 g/mol. The number of fused-ring (bicyclic) bond motifs is 1. The summed E-state index contributed by atoms with van der Waals surface area (Å²) in [6.07, 6.45) is 0. The van der Waals surface area contributed by atoms with Crippen molar-refractivity contribution in [3.05, 3.63) is 42.5 Å². The second kappa shape index (κ2) is 3.09. The van der Waals surface area contributed by atoms with Crippen LogP contribution in [0.25, 0.3) is 11.1 Å². The van der Waals surface area contributed by atoms with Crippen LogP contribution in [0, 0.1) is 0 Å². The Morgan fingerprint density at radius 2 is 1.54 bits per heavy atom. The lowest BCUT2D eigenvalue weighted by Crippen LogP contribution is -2.08. The fourth-order valence-corrected chi connectivity index (χ4v) is 1.60. The molecular formula is C12H13N. The fraction of sp³-hybridized carbons (Fsp3) is 0.167. The van der Waals surface area contributed by atoms with Crippen LogP contribution < -0.4 is 4.90 Å². The molecule has 66 valence electrons. The molecule has 0 aromatic heterocycles. The Morgan fingerprint density at radius 1 is 0.846 bits per heavy atom. The largest absolute Gasteiger partial charge is 0.377 e. The minimum atomic E-state index is 1.27. The maximum absolute atomic E-state index is 2.16. The van der Waals surface area contributed by atoms with Crippen LogP contribution in [0.2, 0.25) is 0 Å². The third kappa shape index (κ3) is 1.37. The van der Waals surface area contributed by atoms with Crippen LogP contribution >= 0.6 is 0 Å². The number of hydrogen-bond donors (Lipinski definition) is 0. The Morgan fingerprint density at radius 3 is 2.31 bits per heavy atom. The smallest absolute Gasteiger partial charge is 0.0440 e. The summed E-state index contributed by atoms with van der Waals surface area (Å²) in [5.41, 5.74) is 3.88. The molecule has 0 aliphatic heterocycles. The molecule has 0 unspecified atom stereocenters. The van der Waals surface area contributed by atoms with Gasteiger partial charge in [0, 0.05) is 25.3 Å². The second-order valence-electron chi connectivity index (χ2n) is 3.39. The molecule has 0 radical (unpaired) electrons. The highest BCUT2D eigenvalue weighted by molar-refractivity contribution is 5.79. The summed E-state index contributed by atoms with van der Waals surface area (Å²) in [5, 5.41) is 0. The number of anilines is 1. The summed E-state index contributed by atoms with van der Waals surface area (Å²) >= 11 is 0. The summed E-state index contributed by atoms with van der Waals surface area (Å²) in [5.74, 6) is 0. The highest BCUT2D eigenvalue weighted by Gasteiger charge is 2.06. The summed E-state index contributed by atoms with van der Waals surface area (Å²) in [7, 11) is 4.14. The van der Waals surface area contributed by atoms with E-state index in [9.17, 15) is 0 Å². The third-order valence-electron chi connectivity index (χ3n) is 2.25. The Balaban J connectivity index is 2.67. The summed E-state index contributed by atoms with van der Waals surface area (Å²) in [6, 6.07) is 14.8. The van der Waals surface area contributed by atoms with Crippen LogP contribution in [0.3, 0.4) is 0 Å². The summed E-state index contributed by atoms with van der Waals surface area (Å²) in [4.78, 5) is 2.14. The van der Waals surface area contributed by atoms with Crippen LogP contribution in [0.15, 0.2) is 42.5 Å². The van der Waals surface area contributed by atoms with E-state index < -0.39 is 0 Å². The van der Waals surface area contributed by atoms with Crippen molar-refractivity contribution < 1.29 is 0 Å². The molecule has 0 fully saturated rings. The number of hydrogen-bond acceptors (Lipinski definition) is 1. The molecule has 0 aromatic carbocycles. The topological polar surface area (TPSA) is 3.24 Å². The summed E-state index contributed by atoms with van der Waals surface area (Å²) in [6.45, 7) is 0. The molecule has 1 heteroatoms. The van der Waals surface area contributed by atoms with E-state index in [0.29, 0.717) is 0 Å². The highest BCUT2D eigenvalue weighted by Crippen LogP contribution is 2.30. The number of nitrogens with zero attached hydrogens (tertiary/aromatic N) is 1. The summed E-state index contributed by atoms with van der Waals surface area (Å²) < 4.78 is 0. The van der Waals surface area contributed by atoms with Gasteiger partial charge in [0.05, 0.1) is 0 Å². The van der Waals surface area contributed by atoms with E-state index in [1.54, 1.807) is 0 Å². The van der Waals surface area contributed by atoms with Crippen molar-refractivity contribution in [1.82, 2.24) is 0 Å². The predicted molar refractivity (Wildman–Crippen MR) is 57.4 cm³/mol. The molecule has 1 nitrogen and oxygen atoms in total. The first-order chi connectivity index (χ1) is 6.29. The Hall–Kier alpha value is -1.50. The maximum Gasteiger partial charge on any atom is 0.0440 e. The van der Waals surface area contributed by atoms with Gasteiger partial charge < -0.3 is 4.90 Å². The number of rotatable bonds is 1. The fourth-order valence-electron chi connectivity index (χ4n) is 1.60. The van der Waals surface area contributed by atoms with Gasteiger partial charge in [-0.3, -0.25) is 0 Å². The normalized spacial score (nSPS) is 10.3. The molecule has 2 rings (SSSR count). The van der Waals surface area contributed by atoms with E-state index in [0.717, 1.165) is 0 Å². The predicted octanol–water partition coefficient (Wildman–Crippen LogP) is 2.86. The van der Waals surface area contributed by atoms with Crippen molar-refractivity contribution in [2.45, 2.75) is 0 Å². The average Bonchev–Trinajstić information content (AvgIpc) is 2.44. The first kappa shape index (κ1) is 8.11. The van der Waals surface area contributed by atoms with Gasteiger partial charge in [0.1, 0.15) is 0 Å². The van der Waals surface area contributed by atoms with Crippen molar-refractivity contribution in [2.24, 2.45) is 0 Å². The first-order valence-electron chi connectivity index (χ1n) is 4.44. The lowest BCUT2D eigenvalue weighted by molar-refractivity contribution is 1.14. The first-order valence-corrected chi connectivity index (χ1v) is 4.44. The lowest BCUT2D eigenvalue weighted by atomic mass is 10.1. The van der Waals surface area contributed by atoms with E-state index in [1.807, 2.05) is 0 Å². The van der Waals surface area contributed by atoms with Crippen LogP contribution in [0.1, 0.15) is 0 Å². The van der Waals surface area contributed by atoms with E-state index in [4.69, 9.17) is 0 Å². The SMILES string of the molecule is CN(C)c1ccccc2cccc1-2. The van der Waals surface area contributed by atoms with Gasteiger partial charge in [-0.25, -0.2) is 0 Å². The molecule has 0 bridgehead atoms. The molecule has 2 aliphatic carbocycles. The second-order valence-corrected chi connectivity index (χ2v) is 3.39. The van der Waals surface area contributed by atoms with Crippen molar-refractivity contribution in [2.75, 3.05) is 19.0 Å². The molecule has 0 saturated carbocycles. The van der Waals surface area contributed by atoms with Gasteiger partial charge in [-0.1, -0.05) is 36.4 Å². The van der Waals surface area contributed by atoms with Crippen molar-refractivity contribution >= 4 is 5.69 Å². The Labute approximate surface area is 79.0 Å². The zero-order chi connectivity index (χ0) is 9.26. The van der Waals surface area contributed by atoms with Crippen LogP contribution in [-0.2, 0) is 0 Å². The van der Waals surface area contributed by atoms with E-state index in [2.05, 4.69) is 61.5 Å². The average molecular weight is 171 g/mol. The van der Waals surface area contributed by atoms with Gasteiger partial charge in [0.25, 0.3) is 0 Å². The van der Waals surface area contributed by atoms with Crippen molar-refractivity contribution in [3.63, 3.8) is 0 Å². The van der Waals surface area contributed by atoms with Gasteiger partial charge in [-0.15, -0.1) is 0 Å². The zero-order valence-electron chi connectivity index (χ0n) is 7.99. The Kier molecular flexibility index (Phi) is 1.93. The van der Waals surface area contributed by atoms with Crippen molar-refractivity contribution in [1.29, 1.82) is 0 Å². The zero-order valence-corrected chi connectivity index (χ0v) is 7.99. The molecule has 0 saturated heterocycles. The standard InChI is InChI=1S/C12H13N/c1-13(2)12-9-4-3-6-10-7-5-8-11(10)12/h3-9H,1-2H3. The van der Waals surface area contributed by atoms with E-state index >= 15 is 0 Å². The van der Waals surface area contributed by atoms with E-state index in [-0.39, 0.29) is 0 Å². The highest BCUT2D eigenvalue weighted by atomic mass is 15.1. The van der Waals surface area contributed by atoms with Gasteiger partial charge in [0.15, 0.2) is 0 Å². The molecule has 0 spiro atoms. The van der Waals surface area contributed by atoms with Crippen LogP contribution in [0.5, 0.6) is 0 Å². The maximum atomic E-state index is 2.16. The molecule has 0 heterocycles. The minimum Gasteiger partial charge on any atom is -0.377 e. The quantitative estimate of drug-likeness (QED) is 0.637. The molecule has 0 atom stereocenters. The van der Waals surface area contributed by atoms with Gasteiger partial charge >= 0.3 is 0 Å². The van der Waals surface area contributed by atoms with Gasteiger partial charge in [-0.05, 0) is 11.6 Å². The molecule has 0 amide bonds. The lowest BCUT2D eigenvalue weighted by Gasteiger charge is -2.13. The van der Waals surface area contributed by atoms with Crippen LogP contribution in [-0.4, -0.2) is 14.1 Å². The molecule has 0 N–H and O–H groups in total. The van der Waals surface area contributed by atoms with E-state index in [1.165, 1.54) is 16.8 Å². The van der Waals surface area contributed by atoms with Crippen molar-refractivity contribution in [3.8, 4) is 11.1 Å². The molecule has 2 aliphatic rings. The monoisotopic (exact) mass is 171 g/mol. The Bertz CT molecular complexity index is 379. The van der Waals surface area contributed by atoms with Gasteiger partial charge in [-0.2, -0.15) is 0 Å². The third-order valence-corrected chi connectivity index (χ3v) is 2.25.